The van der Waals surface area contributed by atoms with Gasteiger partial charge in [0.1, 0.15) is 11.6 Å². The van der Waals surface area contributed by atoms with E-state index >= 15 is 0 Å². The first-order chi connectivity index (χ1) is 11.3. The number of nitrogens with zero attached hydrogens (tertiary/aromatic N) is 1. The van der Waals surface area contributed by atoms with Gasteiger partial charge in [0.05, 0.1) is 11.3 Å². The van der Waals surface area contributed by atoms with E-state index in [9.17, 15) is 27.5 Å². The maximum Gasteiger partial charge on any atom is 0.455 e. The lowest BCUT2D eigenvalue weighted by atomic mass is 10.1. The summed E-state index contributed by atoms with van der Waals surface area (Å²) in [6.45, 7) is 0. The van der Waals surface area contributed by atoms with Crippen LogP contribution in [0.15, 0.2) is 65.2 Å². The molecule has 0 fully saturated rings. The van der Waals surface area contributed by atoms with Crippen molar-refractivity contribution < 1.29 is 27.5 Å². The van der Waals surface area contributed by atoms with E-state index in [0.717, 1.165) is 6.07 Å². The number of benzene rings is 2. The zero-order valence-corrected chi connectivity index (χ0v) is 12.1. The molecular formula is C17H11F4NO2. The molecule has 0 aliphatic carbocycles. The monoisotopic (exact) mass is 337 g/mol. The molecule has 0 saturated heterocycles. The molecule has 2 aromatic rings. The molecule has 0 saturated carbocycles. The maximum atomic E-state index is 13.5. The molecule has 0 unspecified atom stereocenters. The largest absolute Gasteiger partial charge is 0.506 e. The highest BCUT2D eigenvalue weighted by Gasteiger charge is 2.41. The number of rotatable bonds is 4. The third kappa shape index (κ3) is 4.07. The Balaban J connectivity index is 2.52. The Morgan fingerprint density at radius 3 is 2.17 bits per heavy atom. The fraction of sp³-hybridized carbons (Fsp3) is 0.0588. The van der Waals surface area contributed by atoms with Crippen molar-refractivity contribution in [2.75, 3.05) is 0 Å². The Hall–Kier alpha value is -2.96. The zero-order valence-electron chi connectivity index (χ0n) is 12.1. The molecular weight excluding hydrogens is 326 g/mol. The number of aliphatic hydroxyl groups excluding tert-OH is 1. The summed E-state index contributed by atoms with van der Waals surface area (Å²) in [5.41, 5.74) is -1.33. The fourth-order valence-electron chi connectivity index (χ4n) is 1.82. The van der Waals surface area contributed by atoms with E-state index in [-0.39, 0.29) is 11.3 Å². The van der Waals surface area contributed by atoms with E-state index in [2.05, 4.69) is 4.99 Å². The number of allylic oxidation sites excluding steroid dienone is 1. The molecule has 0 atom stereocenters. The summed E-state index contributed by atoms with van der Waals surface area (Å²) in [6, 6.07) is 12.3. The highest BCUT2D eigenvalue weighted by Crippen LogP contribution is 2.26. The van der Waals surface area contributed by atoms with Crippen molar-refractivity contribution in [1.82, 2.24) is 0 Å². The molecule has 0 spiro atoms. The van der Waals surface area contributed by atoms with Gasteiger partial charge in [0.2, 0.25) is 0 Å². The van der Waals surface area contributed by atoms with Gasteiger partial charge in [-0.05, 0) is 12.1 Å². The van der Waals surface area contributed by atoms with E-state index < -0.39 is 29.1 Å². The second kappa shape index (κ2) is 7.08. The number of aliphatic imine (C=N–C) groups is 1. The van der Waals surface area contributed by atoms with Crippen LogP contribution in [0.2, 0.25) is 0 Å². The quantitative estimate of drug-likeness (QED) is 0.383. The Morgan fingerprint density at radius 2 is 1.58 bits per heavy atom. The minimum atomic E-state index is -5.21. The van der Waals surface area contributed by atoms with E-state index in [1.165, 1.54) is 42.5 Å². The summed E-state index contributed by atoms with van der Waals surface area (Å²) >= 11 is 0. The lowest BCUT2D eigenvalue weighted by Crippen LogP contribution is -2.26. The standard InChI is InChI=1S/C17H11F4NO2/c18-13-8-4-5-9-14(13)22-10-12(16(24)17(19,20)21)15(23)11-6-2-1-3-7-11/h1-10,23H/b15-12-,22-10?. The van der Waals surface area contributed by atoms with E-state index in [0.29, 0.717) is 6.21 Å². The lowest BCUT2D eigenvalue weighted by molar-refractivity contribution is -0.165. The van der Waals surface area contributed by atoms with E-state index in [1.807, 2.05) is 0 Å². The van der Waals surface area contributed by atoms with Gasteiger partial charge < -0.3 is 5.11 Å². The van der Waals surface area contributed by atoms with Crippen LogP contribution in [0.3, 0.4) is 0 Å². The highest BCUT2D eigenvalue weighted by molar-refractivity contribution is 6.20. The van der Waals surface area contributed by atoms with Gasteiger partial charge in [0.15, 0.2) is 0 Å². The summed E-state index contributed by atoms with van der Waals surface area (Å²) in [6.07, 6.45) is -4.70. The summed E-state index contributed by atoms with van der Waals surface area (Å²) in [5, 5.41) is 10.0. The lowest BCUT2D eigenvalue weighted by Gasteiger charge is -2.09. The molecule has 1 N–H and O–H groups in total. The van der Waals surface area contributed by atoms with E-state index in [1.54, 1.807) is 6.07 Å². The summed E-state index contributed by atoms with van der Waals surface area (Å²) in [4.78, 5) is 15.1. The molecule has 0 aromatic heterocycles. The van der Waals surface area contributed by atoms with Crippen LogP contribution in [-0.4, -0.2) is 23.3 Å². The van der Waals surface area contributed by atoms with Gasteiger partial charge in [0.25, 0.3) is 5.78 Å². The second-order valence-corrected chi connectivity index (χ2v) is 4.66. The minimum absolute atomic E-state index is 0.00471. The number of ketones is 1. The average molecular weight is 337 g/mol. The van der Waals surface area contributed by atoms with Crippen molar-refractivity contribution in [1.29, 1.82) is 0 Å². The molecule has 7 heteroatoms. The van der Waals surface area contributed by atoms with Gasteiger partial charge in [-0.15, -0.1) is 0 Å². The molecule has 2 aromatic carbocycles. The van der Waals surface area contributed by atoms with Crippen molar-refractivity contribution >= 4 is 23.4 Å². The predicted molar refractivity (Wildman–Crippen MR) is 81.6 cm³/mol. The number of alkyl halides is 3. The number of hydrogen-bond donors (Lipinski definition) is 1. The highest BCUT2D eigenvalue weighted by atomic mass is 19.4. The van der Waals surface area contributed by atoms with Crippen LogP contribution in [0.25, 0.3) is 5.76 Å². The topological polar surface area (TPSA) is 49.7 Å². The summed E-state index contributed by atoms with van der Waals surface area (Å²) < 4.78 is 51.7. The first-order valence-corrected chi connectivity index (χ1v) is 6.69. The summed E-state index contributed by atoms with van der Waals surface area (Å²) in [5.74, 6) is -3.94. The number of hydrogen-bond acceptors (Lipinski definition) is 3. The van der Waals surface area contributed by atoms with Crippen molar-refractivity contribution in [3.8, 4) is 0 Å². The number of carbonyl (C=O) groups excluding carboxylic acids is 1. The van der Waals surface area contributed by atoms with Crippen molar-refractivity contribution in [3.63, 3.8) is 0 Å². The molecule has 0 heterocycles. The van der Waals surface area contributed by atoms with Gasteiger partial charge in [-0.3, -0.25) is 9.79 Å². The number of aliphatic hydroxyl groups is 1. The van der Waals surface area contributed by atoms with Gasteiger partial charge in [-0.2, -0.15) is 13.2 Å². The smallest absolute Gasteiger partial charge is 0.455 e. The Labute approximate surface area is 134 Å². The Bertz CT molecular complexity index is 796. The van der Waals surface area contributed by atoms with Crippen molar-refractivity contribution in [2.24, 2.45) is 4.99 Å². The average Bonchev–Trinajstić information content (AvgIpc) is 2.56. The molecule has 2 rings (SSSR count). The first kappa shape index (κ1) is 17.4. The van der Waals surface area contributed by atoms with E-state index in [4.69, 9.17) is 0 Å². The van der Waals surface area contributed by atoms with Gasteiger partial charge in [-0.25, -0.2) is 4.39 Å². The second-order valence-electron chi connectivity index (χ2n) is 4.66. The molecule has 0 bridgehead atoms. The molecule has 0 amide bonds. The maximum absolute atomic E-state index is 13.5. The van der Waals surface area contributed by atoms with Gasteiger partial charge >= 0.3 is 6.18 Å². The number of Topliss-reactive ketones (excluding diaryl/α,β-unsaturated/α-hetero) is 1. The zero-order chi connectivity index (χ0) is 17.7. The minimum Gasteiger partial charge on any atom is -0.506 e. The van der Waals surface area contributed by atoms with Crippen LogP contribution in [0.4, 0.5) is 23.2 Å². The third-order valence-electron chi connectivity index (χ3n) is 2.99. The van der Waals surface area contributed by atoms with Crippen LogP contribution >= 0.6 is 0 Å². The van der Waals surface area contributed by atoms with Crippen LogP contribution < -0.4 is 0 Å². The van der Waals surface area contributed by atoms with Crippen LogP contribution in [0, 0.1) is 5.82 Å². The van der Waals surface area contributed by atoms with Gasteiger partial charge in [-0.1, -0.05) is 42.5 Å². The summed E-state index contributed by atoms with van der Waals surface area (Å²) in [7, 11) is 0. The number of halogens is 4. The molecule has 0 aliphatic rings. The van der Waals surface area contributed by atoms with Gasteiger partial charge in [0, 0.05) is 11.8 Å². The van der Waals surface area contributed by atoms with Crippen LogP contribution in [-0.2, 0) is 4.79 Å². The molecule has 0 radical (unpaired) electrons. The van der Waals surface area contributed by atoms with Crippen molar-refractivity contribution in [3.05, 3.63) is 71.6 Å². The first-order valence-electron chi connectivity index (χ1n) is 6.69. The Morgan fingerprint density at radius 1 is 1.00 bits per heavy atom. The SMILES string of the molecule is O=C(/C(C=Nc1ccccc1F)=C(\O)c1ccccc1)C(F)(F)F. The third-order valence-corrected chi connectivity index (χ3v) is 2.99. The normalized spacial score (nSPS) is 13.0. The molecule has 3 nitrogen and oxygen atoms in total. The number of para-hydroxylation sites is 1. The fourth-order valence-corrected chi connectivity index (χ4v) is 1.82. The molecule has 24 heavy (non-hydrogen) atoms. The van der Waals surface area contributed by atoms with Crippen molar-refractivity contribution in [2.45, 2.75) is 6.18 Å². The Kier molecular flexibility index (Phi) is 5.13. The number of carbonyl (C=O) groups is 1. The predicted octanol–water partition coefficient (Wildman–Crippen LogP) is 4.63. The molecule has 0 aliphatic heterocycles. The van der Waals surface area contributed by atoms with Crippen LogP contribution in [0.5, 0.6) is 0 Å². The molecule has 124 valence electrons. The van der Waals surface area contributed by atoms with Crippen LogP contribution in [0.1, 0.15) is 5.56 Å².